The lowest BCUT2D eigenvalue weighted by atomic mass is 10.4. The van der Waals surface area contributed by atoms with Crippen LogP contribution < -0.4 is 19.5 Å². The van der Waals surface area contributed by atoms with Gasteiger partial charge in [0.1, 0.15) is 4.90 Å². The van der Waals surface area contributed by atoms with E-state index in [0.29, 0.717) is 0 Å². The third-order valence-corrected chi connectivity index (χ3v) is 4.88. The van der Waals surface area contributed by atoms with E-state index in [0.717, 1.165) is 24.0 Å². The van der Waals surface area contributed by atoms with Crippen molar-refractivity contribution in [3.05, 3.63) is 17.1 Å². The van der Waals surface area contributed by atoms with Crippen LogP contribution in [-0.2, 0) is 14.8 Å². The Kier molecular flexibility index (Phi) is 5.89. The zero-order valence-corrected chi connectivity index (χ0v) is 15.3. The first-order valence-electron chi connectivity index (χ1n) is 6.64. The molecule has 2 aromatic heterocycles. The highest BCUT2D eigenvalue weighted by molar-refractivity contribution is 7.90. The van der Waals surface area contributed by atoms with E-state index in [-0.39, 0.29) is 17.7 Å². The summed E-state index contributed by atoms with van der Waals surface area (Å²) in [4.78, 5) is 30.7. The number of amides is 2. The minimum atomic E-state index is -4.39. The zero-order chi connectivity index (χ0) is 19.3. The molecule has 0 radical (unpaired) electrons. The number of nitrogens with one attached hydrogen (secondary N) is 2. The van der Waals surface area contributed by atoms with Gasteiger partial charge in [0.05, 0.1) is 27.4 Å². The van der Waals surface area contributed by atoms with Crippen LogP contribution in [-0.4, -0.2) is 56.1 Å². The lowest BCUT2D eigenvalue weighted by Crippen LogP contribution is -2.35. The van der Waals surface area contributed by atoms with Gasteiger partial charge >= 0.3 is 12.0 Å². The van der Waals surface area contributed by atoms with E-state index in [4.69, 9.17) is 9.47 Å². The molecule has 0 saturated heterocycles. The molecule has 2 aromatic rings. The maximum Gasteiger partial charge on any atom is 0.359 e. The molecule has 0 atom stereocenters. The SMILES string of the molecule is COC(=O)c1nscc1S(=O)(=O)NC(=O)Nc1nc(OC)cc(OC)n1. The molecule has 2 heterocycles. The lowest BCUT2D eigenvalue weighted by Gasteiger charge is -2.09. The summed E-state index contributed by atoms with van der Waals surface area (Å²) in [5, 5.41) is 3.22. The summed E-state index contributed by atoms with van der Waals surface area (Å²) < 4.78 is 44.2. The summed E-state index contributed by atoms with van der Waals surface area (Å²) in [6, 6.07) is 0.196. The average molecular weight is 403 g/mol. The van der Waals surface area contributed by atoms with Crippen LogP contribution in [0, 0.1) is 0 Å². The fourth-order valence-electron chi connectivity index (χ4n) is 1.63. The van der Waals surface area contributed by atoms with E-state index in [9.17, 15) is 18.0 Å². The van der Waals surface area contributed by atoms with E-state index in [1.165, 1.54) is 20.3 Å². The van der Waals surface area contributed by atoms with E-state index >= 15 is 0 Å². The number of sulfonamides is 1. The van der Waals surface area contributed by atoms with Crippen molar-refractivity contribution in [3.63, 3.8) is 0 Å². The molecule has 0 aliphatic carbocycles. The highest BCUT2D eigenvalue weighted by Crippen LogP contribution is 2.19. The molecule has 0 spiro atoms. The number of anilines is 1. The Morgan fingerprint density at radius 3 is 2.27 bits per heavy atom. The Morgan fingerprint density at radius 1 is 1.12 bits per heavy atom. The maximum atomic E-state index is 12.3. The van der Waals surface area contributed by atoms with Gasteiger partial charge < -0.3 is 14.2 Å². The Labute approximate surface area is 151 Å². The van der Waals surface area contributed by atoms with Gasteiger partial charge in [0.25, 0.3) is 10.0 Å². The van der Waals surface area contributed by atoms with Gasteiger partial charge in [-0.2, -0.15) is 14.3 Å². The first-order chi connectivity index (χ1) is 12.3. The molecule has 2 rings (SSSR count). The van der Waals surface area contributed by atoms with Crippen molar-refractivity contribution in [2.75, 3.05) is 26.6 Å². The molecule has 2 amide bonds. The van der Waals surface area contributed by atoms with Gasteiger partial charge in [-0.3, -0.25) is 5.32 Å². The molecule has 12 nitrogen and oxygen atoms in total. The Bertz CT molecular complexity index is 906. The number of aromatic nitrogens is 3. The monoisotopic (exact) mass is 403 g/mol. The second kappa shape index (κ2) is 7.92. The van der Waals surface area contributed by atoms with Crippen molar-refractivity contribution in [2.24, 2.45) is 0 Å². The summed E-state index contributed by atoms with van der Waals surface area (Å²) in [7, 11) is -0.629. The largest absolute Gasteiger partial charge is 0.481 e. The molecular weight excluding hydrogens is 390 g/mol. The standard InChI is InChI=1S/C12H13N5O7S2/c1-22-7-4-8(23-2)14-11(13-7)15-12(19)17-26(20,21)6-5-25-16-9(6)10(18)24-3/h4-5H,1-3H3,(H2,13,14,15,17,19). The number of rotatable bonds is 6. The molecular formula is C12H13N5O7S2. The van der Waals surface area contributed by atoms with Crippen LogP contribution in [0.25, 0.3) is 0 Å². The number of methoxy groups -OCH3 is 3. The van der Waals surface area contributed by atoms with Gasteiger partial charge in [0.15, 0.2) is 5.69 Å². The number of nitrogens with zero attached hydrogens (tertiary/aromatic N) is 3. The minimum Gasteiger partial charge on any atom is -0.481 e. The van der Waals surface area contributed by atoms with E-state index < -0.39 is 32.6 Å². The molecule has 2 N–H and O–H groups in total. The fraction of sp³-hybridized carbons (Fsp3) is 0.250. The number of esters is 1. The molecule has 0 bridgehead atoms. The van der Waals surface area contributed by atoms with Gasteiger partial charge in [0.2, 0.25) is 17.7 Å². The Balaban J connectivity index is 2.20. The van der Waals surface area contributed by atoms with Crippen LogP contribution in [0.5, 0.6) is 11.8 Å². The molecule has 0 aliphatic rings. The number of carbonyl (C=O) groups is 2. The van der Waals surface area contributed by atoms with Crippen LogP contribution in [0.3, 0.4) is 0 Å². The summed E-state index contributed by atoms with van der Waals surface area (Å²) in [5.74, 6) is -1.03. The predicted octanol–water partition coefficient (Wildman–Crippen LogP) is 0.247. The zero-order valence-electron chi connectivity index (χ0n) is 13.7. The van der Waals surface area contributed by atoms with Crippen molar-refractivity contribution in [1.82, 2.24) is 19.1 Å². The highest BCUT2D eigenvalue weighted by Gasteiger charge is 2.28. The van der Waals surface area contributed by atoms with Crippen LogP contribution in [0.1, 0.15) is 10.5 Å². The smallest absolute Gasteiger partial charge is 0.359 e. The van der Waals surface area contributed by atoms with Crippen LogP contribution in [0.4, 0.5) is 10.7 Å². The van der Waals surface area contributed by atoms with Gasteiger partial charge in [-0.15, -0.1) is 0 Å². The predicted molar refractivity (Wildman–Crippen MR) is 87.9 cm³/mol. The second-order valence-corrected chi connectivity index (χ2v) is 6.63. The van der Waals surface area contributed by atoms with Crippen molar-refractivity contribution in [3.8, 4) is 11.8 Å². The number of hydrogen-bond donors (Lipinski definition) is 2. The molecule has 140 valence electrons. The summed E-state index contributed by atoms with van der Waals surface area (Å²) >= 11 is 0.718. The van der Waals surface area contributed by atoms with Crippen molar-refractivity contribution >= 4 is 39.5 Å². The first-order valence-corrected chi connectivity index (χ1v) is 8.96. The van der Waals surface area contributed by atoms with Crippen molar-refractivity contribution in [1.29, 1.82) is 0 Å². The Morgan fingerprint density at radius 2 is 1.73 bits per heavy atom. The lowest BCUT2D eigenvalue weighted by molar-refractivity contribution is 0.0591. The van der Waals surface area contributed by atoms with Crippen molar-refractivity contribution < 1.29 is 32.2 Å². The number of ether oxygens (including phenoxy) is 3. The highest BCUT2D eigenvalue weighted by atomic mass is 32.2. The number of hydrogen-bond acceptors (Lipinski definition) is 11. The summed E-state index contributed by atoms with van der Waals surface area (Å²) in [6.07, 6.45) is 0. The van der Waals surface area contributed by atoms with E-state index in [2.05, 4.69) is 24.4 Å². The van der Waals surface area contributed by atoms with Gasteiger partial charge in [0, 0.05) is 5.38 Å². The number of carbonyl (C=O) groups excluding carboxylic acids is 2. The first kappa shape index (κ1) is 19.3. The second-order valence-electron chi connectivity index (χ2n) is 4.35. The topological polar surface area (TPSA) is 159 Å². The normalized spacial score (nSPS) is 10.7. The van der Waals surface area contributed by atoms with Crippen LogP contribution in [0.2, 0.25) is 0 Å². The van der Waals surface area contributed by atoms with Gasteiger partial charge in [-0.25, -0.2) is 22.7 Å². The third kappa shape index (κ3) is 4.34. The number of urea groups is 1. The fourth-order valence-corrected chi connectivity index (χ4v) is 3.65. The van der Waals surface area contributed by atoms with E-state index in [1.54, 1.807) is 4.72 Å². The molecule has 14 heteroatoms. The van der Waals surface area contributed by atoms with E-state index in [1.807, 2.05) is 0 Å². The molecule has 0 unspecified atom stereocenters. The molecule has 0 saturated carbocycles. The molecule has 26 heavy (non-hydrogen) atoms. The average Bonchev–Trinajstić information content (AvgIpc) is 3.10. The van der Waals surface area contributed by atoms with Gasteiger partial charge in [-0.05, 0) is 11.5 Å². The molecule has 0 aliphatic heterocycles. The quantitative estimate of drug-likeness (QED) is 0.640. The summed E-state index contributed by atoms with van der Waals surface area (Å²) in [6.45, 7) is 0. The van der Waals surface area contributed by atoms with Crippen LogP contribution in [0.15, 0.2) is 16.3 Å². The maximum absolute atomic E-state index is 12.3. The third-order valence-electron chi connectivity index (χ3n) is 2.76. The molecule has 0 fully saturated rings. The minimum absolute atomic E-state index is 0.0880. The van der Waals surface area contributed by atoms with Crippen LogP contribution >= 0.6 is 11.5 Å². The van der Waals surface area contributed by atoms with Crippen molar-refractivity contribution in [2.45, 2.75) is 4.90 Å². The van der Waals surface area contributed by atoms with Gasteiger partial charge in [-0.1, -0.05) is 0 Å². The summed E-state index contributed by atoms with van der Waals surface area (Å²) in [5.41, 5.74) is -0.433. The molecule has 0 aromatic carbocycles. The Hall–Kier alpha value is -3.00.